The Hall–Kier alpha value is -2.76. The normalized spacial score (nSPS) is 10.1. The van der Waals surface area contributed by atoms with E-state index in [0.29, 0.717) is 0 Å². The highest BCUT2D eigenvalue weighted by atomic mass is 19.1. The van der Waals surface area contributed by atoms with Gasteiger partial charge < -0.3 is 10.4 Å². The number of carbonyl (C=O) groups excluding carboxylic acids is 1. The van der Waals surface area contributed by atoms with Gasteiger partial charge in [0.15, 0.2) is 0 Å². The minimum Gasteiger partial charge on any atom is -0.478 e. The average molecular weight is 274 g/mol. The number of pyridine rings is 1. The molecule has 1 aromatic heterocycles. The number of hydrogen-bond acceptors (Lipinski definition) is 3. The predicted octanol–water partition coefficient (Wildman–Crippen LogP) is 1.85. The Bertz CT molecular complexity index is 641. The Labute approximate surface area is 114 Å². The van der Waals surface area contributed by atoms with Gasteiger partial charge in [0.25, 0.3) is 5.91 Å². The fourth-order valence-corrected chi connectivity index (χ4v) is 1.57. The van der Waals surface area contributed by atoms with Crippen molar-refractivity contribution in [1.29, 1.82) is 0 Å². The fourth-order valence-electron chi connectivity index (χ4n) is 1.57. The molecule has 20 heavy (non-hydrogen) atoms. The molecular formula is C14H11FN2O3. The van der Waals surface area contributed by atoms with Crippen molar-refractivity contribution in [1.82, 2.24) is 10.3 Å². The first-order valence-corrected chi connectivity index (χ1v) is 5.79. The minimum atomic E-state index is -1.01. The monoisotopic (exact) mass is 274 g/mol. The average Bonchev–Trinajstić information content (AvgIpc) is 2.45. The van der Waals surface area contributed by atoms with E-state index >= 15 is 0 Å². The van der Waals surface area contributed by atoms with E-state index in [-0.39, 0.29) is 17.8 Å². The molecule has 0 aliphatic rings. The molecule has 2 aromatic rings. The number of aromatic nitrogens is 1. The van der Waals surface area contributed by atoms with Crippen molar-refractivity contribution in [3.8, 4) is 0 Å². The lowest BCUT2D eigenvalue weighted by molar-refractivity contribution is 0.0696. The van der Waals surface area contributed by atoms with Crippen molar-refractivity contribution in [3.63, 3.8) is 0 Å². The van der Waals surface area contributed by atoms with E-state index in [1.165, 1.54) is 24.3 Å². The molecule has 0 fully saturated rings. The van der Waals surface area contributed by atoms with Gasteiger partial charge in [0.05, 0.1) is 5.56 Å². The van der Waals surface area contributed by atoms with E-state index in [9.17, 15) is 14.0 Å². The molecule has 0 bridgehead atoms. The summed E-state index contributed by atoms with van der Waals surface area (Å²) in [5, 5.41) is 11.3. The van der Waals surface area contributed by atoms with Gasteiger partial charge in [0.2, 0.25) is 5.95 Å². The maximum absolute atomic E-state index is 12.9. The molecule has 1 aromatic carbocycles. The number of nitrogens with zero attached hydrogens (tertiary/aromatic N) is 1. The van der Waals surface area contributed by atoms with E-state index in [4.69, 9.17) is 5.11 Å². The second kappa shape index (κ2) is 5.92. The highest BCUT2D eigenvalue weighted by Gasteiger charge is 2.08. The van der Waals surface area contributed by atoms with Crippen LogP contribution in [0.15, 0.2) is 42.5 Å². The molecule has 1 amide bonds. The van der Waals surface area contributed by atoms with Gasteiger partial charge in [0.1, 0.15) is 5.69 Å². The molecule has 6 heteroatoms. The summed E-state index contributed by atoms with van der Waals surface area (Å²) in [6, 6.07) is 10.1. The third-order valence-electron chi connectivity index (χ3n) is 2.60. The minimum absolute atomic E-state index is 0.00726. The summed E-state index contributed by atoms with van der Waals surface area (Å²) >= 11 is 0. The SMILES string of the molecule is O=C(O)c1ccc(CNC(=O)c2cccc(F)n2)cc1. The van der Waals surface area contributed by atoms with Crippen LogP contribution >= 0.6 is 0 Å². The molecule has 0 spiro atoms. The van der Waals surface area contributed by atoms with Crippen LogP contribution in [0, 0.1) is 5.95 Å². The van der Waals surface area contributed by atoms with Gasteiger partial charge in [-0.3, -0.25) is 4.79 Å². The van der Waals surface area contributed by atoms with E-state index in [2.05, 4.69) is 10.3 Å². The molecule has 102 valence electrons. The maximum Gasteiger partial charge on any atom is 0.335 e. The fraction of sp³-hybridized carbons (Fsp3) is 0.0714. The highest BCUT2D eigenvalue weighted by molar-refractivity contribution is 5.92. The lowest BCUT2D eigenvalue weighted by Gasteiger charge is -2.05. The molecule has 2 N–H and O–H groups in total. The smallest absolute Gasteiger partial charge is 0.335 e. The number of carboxylic acids is 1. The second-order valence-corrected chi connectivity index (χ2v) is 4.03. The molecule has 0 atom stereocenters. The van der Waals surface area contributed by atoms with Crippen molar-refractivity contribution in [3.05, 3.63) is 65.2 Å². The van der Waals surface area contributed by atoms with Gasteiger partial charge in [0, 0.05) is 6.54 Å². The molecular weight excluding hydrogens is 263 g/mol. The summed E-state index contributed by atoms with van der Waals surface area (Å²) in [6.07, 6.45) is 0. The van der Waals surface area contributed by atoms with Crippen molar-refractivity contribution < 1.29 is 19.1 Å². The summed E-state index contributed by atoms with van der Waals surface area (Å²) < 4.78 is 12.9. The Morgan fingerprint density at radius 1 is 1.15 bits per heavy atom. The maximum atomic E-state index is 12.9. The summed E-state index contributed by atoms with van der Waals surface area (Å²) in [5.41, 5.74) is 0.902. The van der Waals surface area contributed by atoms with Crippen LogP contribution in [0.1, 0.15) is 26.4 Å². The summed E-state index contributed by atoms with van der Waals surface area (Å²) in [6.45, 7) is 0.205. The van der Waals surface area contributed by atoms with Gasteiger partial charge in [-0.05, 0) is 29.8 Å². The number of halogens is 1. The van der Waals surface area contributed by atoms with Crippen molar-refractivity contribution in [2.24, 2.45) is 0 Å². The Morgan fingerprint density at radius 3 is 2.45 bits per heavy atom. The molecule has 0 saturated heterocycles. The van der Waals surface area contributed by atoms with Crippen LogP contribution in [0.4, 0.5) is 4.39 Å². The Kier molecular flexibility index (Phi) is 4.05. The number of aromatic carboxylic acids is 1. The largest absolute Gasteiger partial charge is 0.478 e. The van der Waals surface area contributed by atoms with Gasteiger partial charge in [-0.15, -0.1) is 0 Å². The van der Waals surface area contributed by atoms with E-state index in [1.807, 2.05) is 0 Å². The number of rotatable bonds is 4. The first-order chi connectivity index (χ1) is 9.56. The van der Waals surface area contributed by atoms with Gasteiger partial charge >= 0.3 is 5.97 Å². The molecule has 2 rings (SSSR count). The van der Waals surface area contributed by atoms with E-state index < -0.39 is 17.8 Å². The second-order valence-electron chi connectivity index (χ2n) is 4.03. The lowest BCUT2D eigenvalue weighted by atomic mass is 10.1. The van der Waals surface area contributed by atoms with Crippen LogP contribution < -0.4 is 5.32 Å². The van der Waals surface area contributed by atoms with Crippen LogP contribution in [0.25, 0.3) is 0 Å². The number of nitrogens with one attached hydrogen (secondary N) is 1. The Morgan fingerprint density at radius 2 is 1.85 bits per heavy atom. The molecule has 0 aliphatic carbocycles. The number of hydrogen-bond donors (Lipinski definition) is 2. The van der Waals surface area contributed by atoms with Gasteiger partial charge in [-0.2, -0.15) is 4.39 Å². The lowest BCUT2D eigenvalue weighted by Crippen LogP contribution is -2.24. The zero-order valence-corrected chi connectivity index (χ0v) is 10.3. The van der Waals surface area contributed by atoms with Crippen LogP contribution in [0.3, 0.4) is 0 Å². The van der Waals surface area contributed by atoms with Crippen LogP contribution in [-0.4, -0.2) is 22.0 Å². The first-order valence-electron chi connectivity index (χ1n) is 5.79. The molecule has 0 aliphatic heterocycles. The zero-order valence-electron chi connectivity index (χ0n) is 10.3. The molecule has 5 nitrogen and oxygen atoms in total. The summed E-state index contributed by atoms with van der Waals surface area (Å²) in [5.74, 6) is -2.22. The number of carbonyl (C=O) groups is 2. The standard InChI is InChI=1S/C14H11FN2O3/c15-12-3-1-2-11(17-12)13(18)16-8-9-4-6-10(7-5-9)14(19)20/h1-7H,8H2,(H,16,18)(H,19,20). The first kappa shape index (κ1) is 13.7. The Balaban J connectivity index is 1.98. The van der Waals surface area contributed by atoms with E-state index in [0.717, 1.165) is 11.6 Å². The highest BCUT2D eigenvalue weighted by Crippen LogP contribution is 2.05. The number of amides is 1. The molecule has 0 saturated carbocycles. The van der Waals surface area contributed by atoms with Crippen molar-refractivity contribution >= 4 is 11.9 Å². The summed E-state index contributed by atoms with van der Waals surface area (Å²) in [4.78, 5) is 25.9. The topological polar surface area (TPSA) is 79.3 Å². The van der Waals surface area contributed by atoms with Gasteiger partial charge in [-0.1, -0.05) is 18.2 Å². The van der Waals surface area contributed by atoms with Crippen LogP contribution in [-0.2, 0) is 6.54 Å². The molecule has 0 radical (unpaired) electrons. The number of benzene rings is 1. The third-order valence-corrected chi connectivity index (χ3v) is 2.60. The molecule has 0 unspecified atom stereocenters. The van der Waals surface area contributed by atoms with Crippen LogP contribution in [0.5, 0.6) is 0 Å². The molecule has 1 heterocycles. The summed E-state index contributed by atoms with van der Waals surface area (Å²) in [7, 11) is 0. The third kappa shape index (κ3) is 3.38. The quantitative estimate of drug-likeness (QED) is 0.834. The zero-order chi connectivity index (χ0) is 14.5. The van der Waals surface area contributed by atoms with Crippen LogP contribution in [0.2, 0.25) is 0 Å². The predicted molar refractivity (Wildman–Crippen MR) is 68.8 cm³/mol. The van der Waals surface area contributed by atoms with Crippen molar-refractivity contribution in [2.75, 3.05) is 0 Å². The van der Waals surface area contributed by atoms with E-state index in [1.54, 1.807) is 12.1 Å². The van der Waals surface area contributed by atoms with Crippen molar-refractivity contribution in [2.45, 2.75) is 6.54 Å². The van der Waals surface area contributed by atoms with Gasteiger partial charge in [-0.25, -0.2) is 9.78 Å². The number of carboxylic acid groups (broad SMARTS) is 1.